The molecule has 1 aliphatic carbocycles. The highest BCUT2D eigenvalue weighted by molar-refractivity contribution is 6.13. The van der Waals surface area contributed by atoms with Crippen LogP contribution in [0.2, 0.25) is 0 Å². The number of para-hydroxylation sites is 1. The Hall–Kier alpha value is -2.10. The minimum atomic E-state index is 0.128. The van der Waals surface area contributed by atoms with E-state index >= 15 is 0 Å². The van der Waals surface area contributed by atoms with Gasteiger partial charge in [-0.3, -0.25) is 14.7 Å². The van der Waals surface area contributed by atoms with E-state index in [1.807, 2.05) is 11.0 Å². The van der Waals surface area contributed by atoms with Crippen molar-refractivity contribution < 1.29 is 4.79 Å². The molecule has 0 bridgehead atoms. The Morgan fingerprint density at radius 1 is 1.18 bits per heavy atom. The molecular formula is C18H19N3O. The molecule has 1 fully saturated rings. The SMILES string of the molecule is O=C1[C@H]2CCCC[C@H]2N=C2c3[nH]c4ccccc4c3CCN12. The van der Waals surface area contributed by atoms with Crippen LogP contribution in [0.5, 0.6) is 0 Å². The van der Waals surface area contributed by atoms with Crippen LogP contribution in [0.15, 0.2) is 29.3 Å². The summed E-state index contributed by atoms with van der Waals surface area (Å²) in [6.45, 7) is 0.774. The molecule has 0 saturated heterocycles. The summed E-state index contributed by atoms with van der Waals surface area (Å²) < 4.78 is 0. The maximum atomic E-state index is 12.9. The zero-order valence-corrected chi connectivity index (χ0v) is 12.5. The number of benzene rings is 1. The van der Waals surface area contributed by atoms with E-state index in [0.29, 0.717) is 5.91 Å². The van der Waals surface area contributed by atoms with Crippen LogP contribution in [0.25, 0.3) is 10.9 Å². The van der Waals surface area contributed by atoms with Crippen LogP contribution in [0.4, 0.5) is 0 Å². The van der Waals surface area contributed by atoms with Gasteiger partial charge in [-0.2, -0.15) is 0 Å². The van der Waals surface area contributed by atoms with Gasteiger partial charge in [0.15, 0.2) is 5.84 Å². The molecule has 3 aliphatic rings. The van der Waals surface area contributed by atoms with Gasteiger partial charge in [-0.05, 0) is 30.9 Å². The number of amidine groups is 1. The Labute approximate surface area is 129 Å². The molecule has 0 radical (unpaired) electrons. The number of rotatable bonds is 0. The Bertz CT molecular complexity index is 804. The second-order valence-corrected chi connectivity index (χ2v) is 6.68. The van der Waals surface area contributed by atoms with Crippen molar-refractivity contribution in [2.24, 2.45) is 10.9 Å². The molecular weight excluding hydrogens is 274 g/mol. The molecule has 0 unspecified atom stereocenters. The molecule has 2 aromatic rings. The lowest BCUT2D eigenvalue weighted by atomic mass is 9.82. The van der Waals surface area contributed by atoms with E-state index in [0.717, 1.165) is 42.9 Å². The van der Waals surface area contributed by atoms with E-state index in [2.05, 4.69) is 23.2 Å². The number of aromatic amines is 1. The van der Waals surface area contributed by atoms with Crippen LogP contribution in [0.3, 0.4) is 0 Å². The third-order valence-corrected chi connectivity index (χ3v) is 5.48. The van der Waals surface area contributed by atoms with Crippen LogP contribution in [-0.2, 0) is 11.2 Å². The number of aliphatic imine (C=N–C) groups is 1. The van der Waals surface area contributed by atoms with E-state index in [4.69, 9.17) is 4.99 Å². The van der Waals surface area contributed by atoms with E-state index in [-0.39, 0.29) is 12.0 Å². The molecule has 3 heterocycles. The van der Waals surface area contributed by atoms with Gasteiger partial charge in [-0.15, -0.1) is 0 Å². The largest absolute Gasteiger partial charge is 0.352 e. The van der Waals surface area contributed by atoms with Crippen molar-refractivity contribution in [3.8, 4) is 0 Å². The predicted molar refractivity (Wildman–Crippen MR) is 86.0 cm³/mol. The standard InChI is InChI=1S/C18H19N3O/c22-18-13-6-2-4-8-15(13)20-17-16-12(9-10-21(17)18)11-5-1-3-7-14(11)19-16/h1,3,5,7,13,15,19H,2,4,6,8-10H2/t13-,15+/m0/s1. The molecule has 1 amide bonds. The van der Waals surface area contributed by atoms with Crippen molar-refractivity contribution in [1.82, 2.24) is 9.88 Å². The van der Waals surface area contributed by atoms with E-state index in [9.17, 15) is 4.79 Å². The molecule has 1 aromatic heterocycles. The normalized spacial score (nSPS) is 27.2. The number of H-pyrrole nitrogens is 1. The number of hydrogen-bond acceptors (Lipinski definition) is 2. The number of amides is 1. The molecule has 22 heavy (non-hydrogen) atoms. The lowest BCUT2D eigenvalue weighted by Gasteiger charge is -2.40. The second kappa shape index (κ2) is 4.45. The fraction of sp³-hybridized carbons (Fsp3) is 0.444. The number of carbonyl (C=O) groups is 1. The van der Waals surface area contributed by atoms with Gasteiger partial charge in [0.2, 0.25) is 5.91 Å². The van der Waals surface area contributed by atoms with Gasteiger partial charge in [0.1, 0.15) is 0 Å². The van der Waals surface area contributed by atoms with Crippen molar-refractivity contribution in [2.45, 2.75) is 38.1 Å². The summed E-state index contributed by atoms with van der Waals surface area (Å²) in [5.41, 5.74) is 3.55. The first kappa shape index (κ1) is 12.4. The highest BCUT2D eigenvalue weighted by Gasteiger charge is 2.42. The fourth-order valence-electron chi connectivity index (χ4n) is 4.37. The highest BCUT2D eigenvalue weighted by atomic mass is 16.2. The molecule has 1 aromatic carbocycles. The second-order valence-electron chi connectivity index (χ2n) is 6.68. The number of aromatic nitrogens is 1. The highest BCUT2D eigenvalue weighted by Crippen LogP contribution is 2.36. The molecule has 2 aliphatic heterocycles. The Morgan fingerprint density at radius 3 is 3.00 bits per heavy atom. The molecule has 5 rings (SSSR count). The van der Waals surface area contributed by atoms with E-state index in [1.165, 1.54) is 23.8 Å². The van der Waals surface area contributed by atoms with E-state index in [1.54, 1.807) is 0 Å². The van der Waals surface area contributed by atoms with Crippen LogP contribution in [-0.4, -0.2) is 34.2 Å². The van der Waals surface area contributed by atoms with Crippen molar-refractivity contribution in [3.63, 3.8) is 0 Å². The van der Waals surface area contributed by atoms with Gasteiger partial charge in [0, 0.05) is 17.4 Å². The Kier molecular flexibility index (Phi) is 2.52. The number of nitrogens with one attached hydrogen (secondary N) is 1. The number of hydrogen-bond donors (Lipinski definition) is 1. The molecule has 112 valence electrons. The monoisotopic (exact) mass is 293 g/mol. The lowest BCUT2D eigenvalue weighted by molar-refractivity contribution is -0.134. The van der Waals surface area contributed by atoms with Crippen molar-refractivity contribution >= 4 is 22.6 Å². The number of nitrogens with zero attached hydrogens (tertiary/aromatic N) is 2. The molecule has 1 saturated carbocycles. The quantitative estimate of drug-likeness (QED) is 0.797. The predicted octanol–water partition coefficient (Wildman–Crippen LogP) is 2.87. The van der Waals surface area contributed by atoms with Crippen LogP contribution < -0.4 is 0 Å². The summed E-state index contributed by atoms with van der Waals surface area (Å²) in [5, 5.41) is 1.28. The first-order chi connectivity index (χ1) is 10.8. The fourth-order valence-corrected chi connectivity index (χ4v) is 4.37. The maximum absolute atomic E-state index is 12.9. The maximum Gasteiger partial charge on any atom is 0.233 e. The minimum absolute atomic E-state index is 0.128. The first-order valence-electron chi connectivity index (χ1n) is 8.32. The van der Waals surface area contributed by atoms with Crippen molar-refractivity contribution in [2.75, 3.05) is 6.54 Å². The summed E-state index contributed by atoms with van der Waals surface area (Å²) in [6.07, 6.45) is 5.36. The summed E-state index contributed by atoms with van der Waals surface area (Å²) in [7, 11) is 0. The van der Waals surface area contributed by atoms with Gasteiger partial charge in [0.05, 0.1) is 17.7 Å². The Balaban J connectivity index is 1.69. The molecule has 4 heteroatoms. The van der Waals surface area contributed by atoms with Crippen LogP contribution in [0.1, 0.15) is 36.9 Å². The molecule has 2 atom stereocenters. The summed E-state index contributed by atoms with van der Waals surface area (Å²) >= 11 is 0. The van der Waals surface area contributed by atoms with Gasteiger partial charge in [-0.25, -0.2) is 0 Å². The smallest absolute Gasteiger partial charge is 0.233 e. The van der Waals surface area contributed by atoms with Gasteiger partial charge < -0.3 is 4.98 Å². The van der Waals surface area contributed by atoms with Crippen molar-refractivity contribution in [1.29, 1.82) is 0 Å². The average Bonchev–Trinajstić information content (AvgIpc) is 2.94. The number of fused-ring (bicyclic) bond motifs is 6. The topological polar surface area (TPSA) is 48.5 Å². The van der Waals surface area contributed by atoms with Crippen LogP contribution >= 0.6 is 0 Å². The zero-order chi connectivity index (χ0) is 14.7. The third-order valence-electron chi connectivity index (χ3n) is 5.48. The molecule has 0 spiro atoms. The van der Waals surface area contributed by atoms with Crippen molar-refractivity contribution in [3.05, 3.63) is 35.5 Å². The van der Waals surface area contributed by atoms with Gasteiger partial charge >= 0.3 is 0 Å². The first-order valence-corrected chi connectivity index (χ1v) is 8.32. The van der Waals surface area contributed by atoms with Crippen LogP contribution in [0, 0.1) is 5.92 Å². The average molecular weight is 293 g/mol. The molecule has 1 N–H and O–H groups in total. The third kappa shape index (κ3) is 1.58. The molecule has 4 nitrogen and oxygen atoms in total. The summed E-state index contributed by atoms with van der Waals surface area (Å²) in [4.78, 5) is 23.3. The zero-order valence-electron chi connectivity index (χ0n) is 12.5. The van der Waals surface area contributed by atoms with Gasteiger partial charge in [0.25, 0.3) is 0 Å². The van der Waals surface area contributed by atoms with Gasteiger partial charge in [-0.1, -0.05) is 31.0 Å². The summed E-state index contributed by atoms with van der Waals surface area (Å²) in [5.74, 6) is 1.33. The summed E-state index contributed by atoms with van der Waals surface area (Å²) in [6, 6.07) is 8.59. The Morgan fingerprint density at radius 2 is 2.05 bits per heavy atom. The van der Waals surface area contributed by atoms with E-state index < -0.39 is 0 Å². The number of carbonyl (C=O) groups excluding carboxylic acids is 1. The lowest BCUT2D eigenvalue weighted by Crippen LogP contribution is -2.52. The minimum Gasteiger partial charge on any atom is -0.352 e.